The van der Waals surface area contributed by atoms with Crippen molar-refractivity contribution in [2.45, 2.75) is 58.1 Å². The van der Waals surface area contributed by atoms with Crippen LogP contribution in [0, 0.1) is 0 Å². The van der Waals surface area contributed by atoms with E-state index in [4.69, 9.17) is 0 Å². The first-order chi connectivity index (χ1) is 9.00. The fraction of sp³-hybridized carbons (Fsp3) is 0.769. The van der Waals surface area contributed by atoms with Crippen LogP contribution in [0.15, 0.2) is 6.33 Å². The molecule has 0 bridgehead atoms. The Hall–Kier alpha value is -1.43. The normalized spacial score (nSPS) is 11.6. The van der Waals surface area contributed by atoms with Crippen molar-refractivity contribution in [3.8, 4) is 0 Å². The molecule has 1 amide bonds. The number of carbonyl (C=O) groups excluding carboxylic acids is 1. The number of nitrogens with one attached hydrogen (secondary N) is 1. The second-order valence-corrected chi connectivity index (χ2v) is 4.98. The van der Waals surface area contributed by atoms with Gasteiger partial charge in [-0.05, 0) is 12.8 Å². The average Bonchev–Trinajstić information content (AvgIpc) is 2.72. The molecule has 0 saturated carbocycles. The first-order valence-corrected chi connectivity index (χ1v) is 6.82. The van der Waals surface area contributed by atoms with Gasteiger partial charge in [0, 0.05) is 7.05 Å². The number of nitrogens with zero attached hydrogens (tertiary/aromatic N) is 3. The van der Waals surface area contributed by atoms with Crippen molar-refractivity contribution in [1.29, 1.82) is 0 Å². The summed E-state index contributed by atoms with van der Waals surface area (Å²) < 4.78 is 1.62. The smallest absolute Gasteiger partial charge is 0.223 e. The minimum Gasteiger partial charge on any atom is -0.389 e. The molecule has 0 aliphatic heterocycles. The van der Waals surface area contributed by atoms with E-state index in [1.54, 1.807) is 11.7 Å². The molecule has 0 aliphatic rings. The zero-order valence-electron chi connectivity index (χ0n) is 12.0. The topological polar surface area (TPSA) is 80.0 Å². The van der Waals surface area contributed by atoms with Crippen molar-refractivity contribution >= 4 is 5.91 Å². The molecule has 6 heteroatoms. The van der Waals surface area contributed by atoms with Crippen LogP contribution in [0.3, 0.4) is 0 Å². The Labute approximate surface area is 114 Å². The fourth-order valence-electron chi connectivity index (χ4n) is 2.25. The van der Waals surface area contributed by atoms with Crippen molar-refractivity contribution in [3.63, 3.8) is 0 Å². The van der Waals surface area contributed by atoms with Crippen LogP contribution in [-0.4, -0.2) is 31.4 Å². The predicted octanol–water partition coefficient (Wildman–Crippen LogP) is 1.15. The summed E-state index contributed by atoms with van der Waals surface area (Å²) in [7, 11) is 1.78. The number of hydrogen-bond donors (Lipinski definition) is 2. The van der Waals surface area contributed by atoms with Gasteiger partial charge in [-0.25, -0.2) is 4.98 Å². The van der Waals surface area contributed by atoms with Crippen molar-refractivity contribution in [2.75, 3.05) is 0 Å². The summed E-state index contributed by atoms with van der Waals surface area (Å²) in [5, 5.41) is 17.1. The highest BCUT2D eigenvalue weighted by Crippen LogP contribution is 2.23. The van der Waals surface area contributed by atoms with Crippen LogP contribution < -0.4 is 5.32 Å². The third-order valence-electron chi connectivity index (χ3n) is 3.17. The second kappa shape index (κ2) is 7.23. The minimum atomic E-state index is -0.881. The highest BCUT2D eigenvalue weighted by atomic mass is 16.3. The van der Waals surface area contributed by atoms with Gasteiger partial charge in [0.25, 0.3) is 0 Å². The maximum atomic E-state index is 11.9. The Balaban J connectivity index is 2.46. The van der Waals surface area contributed by atoms with E-state index in [2.05, 4.69) is 15.4 Å². The molecule has 0 spiro atoms. The molecule has 0 unspecified atom stereocenters. The Morgan fingerprint density at radius 2 is 2.05 bits per heavy atom. The van der Waals surface area contributed by atoms with Gasteiger partial charge in [-0.2, -0.15) is 5.10 Å². The number of hydrogen-bond acceptors (Lipinski definition) is 4. The molecule has 1 rings (SSSR count). The van der Waals surface area contributed by atoms with Gasteiger partial charge in [0.2, 0.25) is 5.91 Å². The van der Waals surface area contributed by atoms with Crippen LogP contribution in [0.5, 0.6) is 0 Å². The van der Waals surface area contributed by atoms with E-state index in [9.17, 15) is 9.90 Å². The van der Waals surface area contributed by atoms with Crippen LogP contribution in [0.25, 0.3) is 0 Å². The van der Waals surface area contributed by atoms with Crippen LogP contribution in [0.2, 0.25) is 0 Å². The first kappa shape index (κ1) is 15.6. The van der Waals surface area contributed by atoms with E-state index in [0.717, 1.165) is 12.8 Å². The van der Waals surface area contributed by atoms with Gasteiger partial charge >= 0.3 is 0 Å². The van der Waals surface area contributed by atoms with Gasteiger partial charge in [0.1, 0.15) is 12.2 Å². The summed E-state index contributed by atoms with van der Waals surface area (Å²) >= 11 is 0. The lowest BCUT2D eigenvalue weighted by molar-refractivity contribution is -0.127. The maximum absolute atomic E-state index is 11.9. The highest BCUT2D eigenvalue weighted by Gasteiger charge is 2.28. The van der Waals surface area contributed by atoms with Gasteiger partial charge in [0.15, 0.2) is 0 Å². The lowest BCUT2D eigenvalue weighted by Crippen LogP contribution is -2.36. The number of aromatic nitrogens is 3. The number of aliphatic hydroxyl groups is 1. The summed E-state index contributed by atoms with van der Waals surface area (Å²) in [6, 6.07) is 0. The summed E-state index contributed by atoms with van der Waals surface area (Å²) in [6.45, 7) is 4.36. The van der Waals surface area contributed by atoms with E-state index in [0.29, 0.717) is 25.2 Å². The van der Waals surface area contributed by atoms with Crippen LogP contribution in [-0.2, 0) is 18.4 Å². The van der Waals surface area contributed by atoms with Crippen molar-refractivity contribution in [3.05, 3.63) is 12.2 Å². The summed E-state index contributed by atoms with van der Waals surface area (Å²) in [5.74, 6) is 0.551. The Morgan fingerprint density at radius 1 is 1.42 bits per heavy atom. The van der Waals surface area contributed by atoms with Crippen molar-refractivity contribution in [1.82, 2.24) is 20.1 Å². The molecule has 1 heterocycles. The SMILES string of the molecule is CCCC(O)(CCC)CC(=O)NCc1ncnn1C. The zero-order chi connectivity index (χ0) is 14.3. The van der Waals surface area contributed by atoms with Crippen LogP contribution >= 0.6 is 0 Å². The van der Waals surface area contributed by atoms with Crippen LogP contribution in [0.4, 0.5) is 0 Å². The third-order valence-corrected chi connectivity index (χ3v) is 3.17. The largest absolute Gasteiger partial charge is 0.389 e. The molecule has 108 valence electrons. The molecule has 2 N–H and O–H groups in total. The molecule has 0 atom stereocenters. The Morgan fingerprint density at radius 3 is 2.53 bits per heavy atom. The molecule has 0 saturated heterocycles. The average molecular weight is 268 g/mol. The Bertz CT molecular complexity index is 397. The monoisotopic (exact) mass is 268 g/mol. The Kier molecular flexibility index (Phi) is 5.95. The number of carbonyl (C=O) groups is 1. The van der Waals surface area contributed by atoms with E-state index in [1.807, 2.05) is 13.8 Å². The number of amides is 1. The zero-order valence-corrected chi connectivity index (χ0v) is 12.0. The summed E-state index contributed by atoms with van der Waals surface area (Å²) in [5.41, 5.74) is -0.881. The van der Waals surface area contributed by atoms with Gasteiger partial charge in [0.05, 0.1) is 18.6 Å². The lowest BCUT2D eigenvalue weighted by atomic mass is 9.89. The summed E-state index contributed by atoms with van der Waals surface area (Å²) in [4.78, 5) is 15.9. The number of aryl methyl sites for hydroxylation is 1. The van der Waals surface area contributed by atoms with Crippen LogP contribution in [0.1, 0.15) is 51.8 Å². The third kappa shape index (κ3) is 4.98. The van der Waals surface area contributed by atoms with E-state index >= 15 is 0 Å². The quantitative estimate of drug-likeness (QED) is 0.741. The molecule has 0 aliphatic carbocycles. The van der Waals surface area contributed by atoms with Gasteiger partial charge in [-0.1, -0.05) is 26.7 Å². The standard InChI is InChI=1S/C13H24N4O2/c1-4-6-13(19,7-5-2)8-12(18)14-9-11-15-10-16-17(11)3/h10,19H,4-9H2,1-3H3,(H,14,18). The molecular weight excluding hydrogens is 244 g/mol. The molecule has 0 fully saturated rings. The van der Waals surface area contributed by atoms with Gasteiger partial charge < -0.3 is 10.4 Å². The summed E-state index contributed by atoms with van der Waals surface area (Å²) in [6.07, 6.45) is 4.63. The van der Waals surface area contributed by atoms with E-state index in [-0.39, 0.29) is 12.3 Å². The minimum absolute atomic E-state index is 0.145. The molecule has 19 heavy (non-hydrogen) atoms. The van der Waals surface area contributed by atoms with E-state index < -0.39 is 5.60 Å². The van der Waals surface area contributed by atoms with Gasteiger partial charge in [-0.15, -0.1) is 0 Å². The molecule has 0 radical (unpaired) electrons. The van der Waals surface area contributed by atoms with Crippen molar-refractivity contribution < 1.29 is 9.90 Å². The fourth-order valence-corrected chi connectivity index (χ4v) is 2.25. The predicted molar refractivity (Wildman–Crippen MR) is 72.2 cm³/mol. The number of rotatable bonds is 8. The molecule has 1 aromatic heterocycles. The molecule has 1 aromatic rings. The first-order valence-electron chi connectivity index (χ1n) is 6.82. The molecule has 6 nitrogen and oxygen atoms in total. The highest BCUT2D eigenvalue weighted by molar-refractivity contribution is 5.76. The maximum Gasteiger partial charge on any atom is 0.223 e. The van der Waals surface area contributed by atoms with Gasteiger partial charge in [-0.3, -0.25) is 9.48 Å². The lowest BCUT2D eigenvalue weighted by Gasteiger charge is -2.26. The molecular formula is C13H24N4O2. The second-order valence-electron chi connectivity index (χ2n) is 4.98. The molecule has 0 aromatic carbocycles. The van der Waals surface area contributed by atoms with Crippen molar-refractivity contribution in [2.24, 2.45) is 7.05 Å². The van der Waals surface area contributed by atoms with E-state index in [1.165, 1.54) is 6.33 Å².